The first-order valence-electron chi connectivity index (χ1n) is 3.05. The molecule has 0 aliphatic carbocycles. The van der Waals surface area contributed by atoms with Gasteiger partial charge in [0.2, 0.25) is 0 Å². The van der Waals surface area contributed by atoms with Gasteiger partial charge in [0, 0.05) is 11.6 Å². The minimum absolute atomic E-state index is 0.227. The number of carboxylic acids is 1. The van der Waals surface area contributed by atoms with Crippen LogP contribution in [-0.4, -0.2) is 20.7 Å². The lowest BCUT2D eigenvalue weighted by Crippen LogP contribution is -1.94. The van der Waals surface area contributed by atoms with Crippen LogP contribution in [-0.2, 0) is 0 Å². The number of hydrogen-bond donors (Lipinski definition) is 1. The maximum absolute atomic E-state index is 10.7. The molecule has 62 valence electrons. The largest absolute Gasteiger partial charge is 0.477 e. The lowest BCUT2D eigenvalue weighted by atomic mass is 10.4. The predicted molar refractivity (Wildman–Crippen MR) is 47.7 cm³/mol. The van der Waals surface area contributed by atoms with Gasteiger partial charge >= 0.3 is 5.97 Å². The molecule has 0 aliphatic heterocycles. The Morgan fingerprint density at radius 1 is 1.75 bits per heavy atom. The Kier molecular flexibility index (Phi) is 1.66. The average molecular weight is 247 g/mol. The fourth-order valence-corrected chi connectivity index (χ4v) is 2.42. The minimum atomic E-state index is -0.959. The monoisotopic (exact) mass is 246 g/mol. The number of fused-ring (bicyclic) bond motifs is 1. The zero-order valence-electron chi connectivity index (χ0n) is 5.69. The van der Waals surface area contributed by atoms with Crippen molar-refractivity contribution < 1.29 is 9.90 Å². The normalized spacial score (nSPS) is 10.8. The number of aromatic carboxylic acids is 1. The Labute approximate surface area is 79.6 Å². The van der Waals surface area contributed by atoms with Crippen LogP contribution in [0.5, 0.6) is 0 Å². The summed E-state index contributed by atoms with van der Waals surface area (Å²) in [6, 6.07) is 0. The average Bonchev–Trinajstić information content (AvgIpc) is 2.44. The summed E-state index contributed by atoms with van der Waals surface area (Å²) in [6.45, 7) is 0. The number of carboxylic acid groups (broad SMARTS) is 1. The van der Waals surface area contributed by atoms with Crippen molar-refractivity contribution in [2.45, 2.75) is 0 Å². The standard InChI is InChI=1S/C6H3BrN2O2S/c7-4-3(6(10)11)5-9(8-4)1-2-12-5/h1-2H,(H,10,11). The Hall–Kier alpha value is -0.880. The van der Waals surface area contributed by atoms with Crippen LogP contribution in [0, 0.1) is 0 Å². The summed E-state index contributed by atoms with van der Waals surface area (Å²) in [4.78, 5) is 11.4. The molecule has 0 radical (unpaired) electrons. The summed E-state index contributed by atoms with van der Waals surface area (Å²) < 4.78 is 1.92. The van der Waals surface area contributed by atoms with E-state index in [0.29, 0.717) is 9.43 Å². The van der Waals surface area contributed by atoms with E-state index in [1.165, 1.54) is 15.9 Å². The van der Waals surface area contributed by atoms with Crippen LogP contribution in [0.3, 0.4) is 0 Å². The SMILES string of the molecule is O=C(O)c1c(Br)nn2ccsc12. The van der Waals surface area contributed by atoms with Gasteiger partial charge in [-0.05, 0) is 15.9 Å². The molecular weight excluding hydrogens is 244 g/mol. The molecule has 2 heterocycles. The molecule has 0 aromatic carbocycles. The molecule has 1 N–H and O–H groups in total. The zero-order chi connectivity index (χ0) is 8.72. The molecule has 0 saturated carbocycles. The summed E-state index contributed by atoms with van der Waals surface area (Å²) in [5.74, 6) is -0.959. The maximum atomic E-state index is 10.7. The third-order valence-electron chi connectivity index (χ3n) is 1.42. The van der Waals surface area contributed by atoms with E-state index in [1.54, 1.807) is 11.6 Å². The van der Waals surface area contributed by atoms with Gasteiger partial charge in [-0.15, -0.1) is 11.3 Å². The van der Waals surface area contributed by atoms with Crippen molar-refractivity contribution in [3.8, 4) is 0 Å². The van der Waals surface area contributed by atoms with Crippen molar-refractivity contribution in [1.29, 1.82) is 0 Å². The van der Waals surface area contributed by atoms with Crippen LogP contribution in [0.1, 0.15) is 10.4 Å². The first kappa shape index (κ1) is 7.75. The highest BCUT2D eigenvalue weighted by Gasteiger charge is 2.17. The lowest BCUT2D eigenvalue weighted by Gasteiger charge is -1.85. The van der Waals surface area contributed by atoms with Gasteiger partial charge in [-0.2, -0.15) is 5.10 Å². The van der Waals surface area contributed by atoms with Gasteiger partial charge in [-0.3, -0.25) is 0 Å². The van der Waals surface area contributed by atoms with Crippen LogP contribution in [0.4, 0.5) is 0 Å². The van der Waals surface area contributed by atoms with Crippen LogP contribution >= 0.6 is 27.3 Å². The maximum Gasteiger partial charge on any atom is 0.341 e. The van der Waals surface area contributed by atoms with E-state index >= 15 is 0 Å². The summed E-state index contributed by atoms with van der Waals surface area (Å²) in [6.07, 6.45) is 1.72. The van der Waals surface area contributed by atoms with E-state index in [1.807, 2.05) is 0 Å². The van der Waals surface area contributed by atoms with Crippen molar-refractivity contribution in [1.82, 2.24) is 9.61 Å². The molecule has 2 aromatic heterocycles. The van der Waals surface area contributed by atoms with E-state index < -0.39 is 5.97 Å². The second-order valence-electron chi connectivity index (χ2n) is 2.12. The van der Waals surface area contributed by atoms with E-state index in [-0.39, 0.29) is 5.56 Å². The number of thiazole rings is 1. The minimum Gasteiger partial charge on any atom is -0.477 e. The van der Waals surface area contributed by atoms with Gasteiger partial charge in [0.1, 0.15) is 15.0 Å². The van der Waals surface area contributed by atoms with Crippen LogP contribution in [0.15, 0.2) is 16.2 Å². The van der Waals surface area contributed by atoms with Gasteiger partial charge < -0.3 is 5.11 Å². The first-order valence-corrected chi connectivity index (χ1v) is 4.72. The van der Waals surface area contributed by atoms with Crippen molar-refractivity contribution >= 4 is 38.1 Å². The number of hydrogen-bond acceptors (Lipinski definition) is 3. The molecular formula is C6H3BrN2O2S. The lowest BCUT2D eigenvalue weighted by molar-refractivity contribution is 0.0698. The second kappa shape index (κ2) is 2.56. The van der Waals surface area contributed by atoms with Crippen molar-refractivity contribution in [3.05, 3.63) is 21.7 Å². The highest BCUT2D eigenvalue weighted by Crippen LogP contribution is 2.24. The Balaban J connectivity index is 2.84. The summed E-state index contributed by atoms with van der Waals surface area (Å²) in [5.41, 5.74) is 0.227. The zero-order valence-corrected chi connectivity index (χ0v) is 8.09. The quantitative estimate of drug-likeness (QED) is 0.836. The van der Waals surface area contributed by atoms with Crippen molar-refractivity contribution in [2.75, 3.05) is 0 Å². The van der Waals surface area contributed by atoms with E-state index in [2.05, 4.69) is 21.0 Å². The highest BCUT2D eigenvalue weighted by molar-refractivity contribution is 9.10. The number of aromatic nitrogens is 2. The van der Waals surface area contributed by atoms with Gasteiger partial charge in [0.15, 0.2) is 0 Å². The van der Waals surface area contributed by atoms with E-state index in [9.17, 15) is 4.79 Å². The highest BCUT2D eigenvalue weighted by atomic mass is 79.9. The third-order valence-corrected chi connectivity index (χ3v) is 2.85. The molecule has 0 fully saturated rings. The molecule has 12 heavy (non-hydrogen) atoms. The second-order valence-corrected chi connectivity index (χ2v) is 3.77. The van der Waals surface area contributed by atoms with Crippen molar-refractivity contribution in [2.24, 2.45) is 0 Å². The van der Waals surface area contributed by atoms with E-state index in [0.717, 1.165) is 0 Å². The van der Waals surface area contributed by atoms with Crippen LogP contribution in [0.2, 0.25) is 0 Å². The fraction of sp³-hybridized carbons (Fsp3) is 0. The van der Waals surface area contributed by atoms with E-state index in [4.69, 9.17) is 5.11 Å². The third kappa shape index (κ3) is 0.953. The molecule has 0 amide bonds. The molecule has 6 heteroatoms. The molecule has 2 aromatic rings. The Bertz CT molecular complexity index is 447. The summed E-state index contributed by atoms with van der Waals surface area (Å²) in [7, 11) is 0. The molecule has 0 aliphatic rings. The number of halogens is 1. The molecule has 2 rings (SSSR count). The van der Waals surface area contributed by atoms with Gasteiger partial charge in [-0.25, -0.2) is 9.31 Å². The topological polar surface area (TPSA) is 54.6 Å². The molecule has 4 nitrogen and oxygen atoms in total. The summed E-state index contributed by atoms with van der Waals surface area (Å²) in [5, 5.41) is 14.5. The molecule has 0 saturated heterocycles. The van der Waals surface area contributed by atoms with Crippen LogP contribution < -0.4 is 0 Å². The Morgan fingerprint density at radius 2 is 2.50 bits per heavy atom. The number of rotatable bonds is 1. The molecule has 0 bridgehead atoms. The fourth-order valence-electron chi connectivity index (χ4n) is 0.939. The van der Waals surface area contributed by atoms with Gasteiger partial charge in [0.25, 0.3) is 0 Å². The first-order chi connectivity index (χ1) is 5.70. The molecule has 0 spiro atoms. The van der Waals surface area contributed by atoms with Crippen molar-refractivity contribution in [3.63, 3.8) is 0 Å². The predicted octanol–water partition coefficient (Wildman–Crippen LogP) is 1.86. The van der Waals surface area contributed by atoms with Crippen LogP contribution in [0.25, 0.3) is 4.83 Å². The van der Waals surface area contributed by atoms with Gasteiger partial charge in [-0.1, -0.05) is 0 Å². The van der Waals surface area contributed by atoms with Gasteiger partial charge in [0.05, 0.1) is 0 Å². The molecule has 0 unspecified atom stereocenters. The molecule has 0 atom stereocenters. The smallest absolute Gasteiger partial charge is 0.341 e. The number of nitrogens with zero attached hydrogens (tertiary/aromatic N) is 2. The Morgan fingerprint density at radius 3 is 3.17 bits per heavy atom. The number of carbonyl (C=O) groups is 1. The summed E-state index contributed by atoms with van der Waals surface area (Å²) >= 11 is 4.44.